The fourth-order valence-corrected chi connectivity index (χ4v) is 2.27. The minimum atomic E-state index is -5.20. The molecule has 0 saturated heterocycles. The Balaban J connectivity index is 2.24. The molecule has 0 aliphatic heterocycles. The summed E-state index contributed by atoms with van der Waals surface area (Å²) in [5, 5.41) is 2.35. The summed E-state index contributed by atoms with van der Waals surface area (Å²) >= 11 is 0. The highest BCUT2D eigenvalue weighted by molar-refractivity contribution is 5.94. The van der Waals surface area contributed by atoms with E-state index in [1.807, 2.05) is 0 Å². The summed E-state index contributed by atoms with van der Waals surface area (Å²) in [5.41, 5.74) is 10.6. The van der Waals surface area contributed by atoms with Gasteiger partial charge in [-0.05, 0) is 36.2 Å². The Morgan fingerprint density at radius 3 is 2.20 bits per heavy atom. The summed E-state index contributed by atoms with van der Waals surface area (Å²) in [7, 11) is 0. The Morgan fingerprint density at radius 1 is 1.12 bits per heavy atom. The molecule has 4 nitrogen and oxygen atoms in total. The lowest BCUT2D eigenvalue weighted by Crippen LogP contribution is -2.25. The summed E-state index contributed by atoms with van der Waals surface area (Å²) in [4.78, 5) is 12.0. The van der Waals surface area contributed by atoms with E-state index >= 15 is 0 Å². The molecular formula is C16H14F5N3O. The van der Waals surface area contributed by atoms with E-state index in [9.17, 15) is 26.7 Å². The van der Waals surface area contributed by atoms with Crippen LogP contribution in [0.4, 0.5) is 33.3 Å². The van der Waals surface area contributed by atoms with Crippen LogP contribution in [0.5, 0.6) is 0 Å². The molecule has 5 N–H and O–H groups in total. The van der Waals surface area contributed by atoms with Gasteiger partial charge in [0.25, 0.3) is 5.91 Å². The molecule has 0 saturated carbocycles. The van der Waals surface area contributed by atoms with Gasteiger partial charge in [-0.3, -0.25) is 4.79 Å². The number of nitrogen functional groups attached to an aromatic ring is 2. The Labute approximate surface area is 139 Å². The van der Waals surface area contributed by atoms with Gasteiger partial charge in [-0.1, -0.05) is 6.07 Å². The third kappa shape index (κ3) is 3.81. The van der Waals surface area contributed by atoms with Crippen molar-refractivity contribution in [2.24, 2.45) is 0 Å². The van der Waals surface area contributed by atoms with Gasteiger partial charge in [-0.2, -0.15) is 13.2 Å². The molecule has 2 aromatic rings. The van der Waals surface area contributed by atoms with Crippen LogP contribution in [0, 0.1) is 18.6 Å². The number of nitrogens with one attached hydrogen (secondary N) is 1. The van der Waals surface area contributed by atoms with Crippen LogP contribution in [0.25, 0.3) is 0 Å². The van der Waals surface area contributed by atoms with Gasteiger partial charge < -0.3 is 16.8 Å². The Kier molecular flexibility index (Phi) is 4.87. The average molecular weight is 359 g/mol. The number of carbonyl (C=O) groups excluding carboxylic acids is 1. The standard InChI is InChI=1S/C16H14F5N3O/c1-7-2-3-12(22)14(23)9(7)6-24-15(25)8-4-10(17)13(11(18)5-8)16(19,20)21/h2-5H,6,22-23H2,1H3,(H,24,25). The number of amides is 1. The lowest BCUT2D eigenvalue weighted by molar-refractivity contribution is -0.142. The zero-order valence-electron chi connectivity index (χ0n) is 13.0. The van der Waals surface area contributed by atoms with Crippen LogP contribution in [0.15, 0.2) is 24.3 Å². The first-order chi connectivity index (χ1) is 11.5. The highest BCUT2D eigenvalue weighted by Gasteiger charge is 2.38. The molecule has 0 aliphatic carbocycles. The van der Waals surface area contributed by atoms with E-state index in [0.717, 1.165) is 5.56 Å². The predicted octanol–water partition coefficient (Wildman–Crippen LogP) is 3.39. The van der Waals surface area contributed by atoms with Crippen molar-refractivity contribution in [2.45, 2.75) is 19.6 Å². The smallest absolute Gasteiger partial charge is 0.397 e. The van der Waals surface area contributed by atoms with Crippen LogP contribution >= 0.6 is 0 Å². The maximum atomic E-state index is 13.5. The summed E-state index contributed by atoms with van der Waals surface area (Å²) < 4.78 is 64.7. The molecule has 0 spiro atoms. The van der Waals surface area contributed by atoms with E-state index < -0.39 is 34.8 Å². The van der Waals surface area contributed by atoms with Crippen molar-refractivity contribution in [2.75, 3.05) is 11.5 Å². The molecule has 134 valence electrons. The number of hydrogen-bond acceptors (Lipinski definition) is 3. The molecule has 0 radical (unpaired) electrons. The first-order valence-corrected chi connectivity index (χ1v) is 7.00. The van der Waals surface area contributed by atoms with E-state index in [-0.39, 0.29) is 12.2 Å². The van der Waals surface area contributed by atoms with Crippen molar-refractivity contribution in [1.82, 2.24) is 5.32 Å². The van der Waals surface area contributed by atoms with Gasteiger partial charge >= 0.3 is 6.18 Å². The second-order valence-electron chi connectivity index (χ2n) is 5.36. The summed E-state index contributed by atoms with van der Waals surface area (Å²) in [6, 6.07) is 3.91. The van der Waals surface area contributed by atoms with Gasteiger partial charge in [0, 0.05) is 12.1 Å². The number of benzene rings is 2. The van der Waals surface area contributed by atoms with Gasteiger partial charge in [-0.15, -0.1) is 0 Å². The van der Waals surface area contributed by atoms with Crippen LogP contribution in [0.3, 0.4) is 0 Å². The van der Waals surface area contributed by atoms with Crippen LogP contribution < -0.4 is 16.8 Å². The minimum Gasteiger partial charge on any atom is -0.397 e. The van der Waals surface area contributed by atoms with Gasteiger partial charge in [0.1, 0.15) is 17.2 Å². The third-order valence-electron chi connectivity index (χ3n) is 3.64. The second-order valence-corrected chi connectivity index (χ2v) is 5.36. The van der Waals surface area contributed by atoms with Crippen molar-refractivity contribution in [1.29, 1.82) is 0 Å². The lowest BCUT2D eigenvalue weighted by atomic mass is 10.0. The lowest BCUT2D eigenvalue weighted by Gasteiger charge is -2.14. The van der Waals surface area contributed by atoms with E-state index in [0.29, 0.717) is 23.4 Å². The minimum absolute atomic E-state index is 0.105. The maximum Gasteiger partial charge on any atom is 0.422 e. The monoisotopic (exact) mass is 359 g/mol. The molecule has 9 heteroatoms. The molecule has 0 unspecified atom stereocenters. The summed E-state index contributed by atoms with van der Waals surface area (Å²) in [5.74, 6) is -4.68. The summed E-state index contributed by atoms with van der Waals surface area (Å²) in [6.07, 6.45) is -5.20. The van der Waals surface area contributed by atoms with Crippen molar-refractivity contribution in [3.63, 3.8) is 0 Å². The zero-order chi connectivity index (χ0) is 18.9. The van der Waals surface area contributed by atoms with Gasteiger partial charge in [-0.25, -0.2) is 8.78 Å². The first-order valence-electron chi connectivity index (χ1n) is 7.00. The highest BCUT2D eigenvalue weighted by atomic mass is 19.4. The zero-order valence-corrected chi connectivity index (χ0v) is 13.0. The normalized spacial score (nSPS) is 11.4. The molecule has 1 amide bonds. The van der Waals surface area contributed by atoms with Crippen LogP contribution in [-0.2, 0) is 12.7 Å². The van der Waals surface area contributed by atoms with Crippen LogP contribution in [0.1, 0.15) is 27.0 Å². The Morgan fingerprint density at radius 2 is 1.68 bits per heavy atom. The molecule has 2 aromatic carbocycles. The number of aryl methyl sites for hydroxylation is 1. The highest BCUT2D eigenvalue weighted by Crippen LogP contribution is 2.34. The molecule has 0 heterocycles. The van der Waals surface area contributed by atoms with E-state index in [1.54, 1.807) is 19.1 Å². The number of hydrogen-bond donors (Lipinski definition) is 3. The predicted molar refractivity (Wildman–Crippen MR) is 82.5 cm³/mol. The Bertz CT molecular complexity index is 810. The van der Waals surface area contributed by atoms with Gasteiger partial charge in [0.15, 0.2) is 0 Å². The van der Waals surface area contributed by atoms with Gasteiger partial charge in [0.2, 0.25) is 0 Å². The number of alkyl halides is 3. The third-order valence-corrected chi connectivity index (χ3v) is 3.64. The van der Waals surface area contributed by atoms with Crippen molar-refractivity contribution < 1.29 is 26.7 Å². The van der Waals surface area contributed by atoms with Crippen molar-refractivity contribution in [3.05, 3.63) is 58.2 Å². The van der Waals surface area contributed by atoms with Crippen LogP contribution in [-0.4, -0.2) is 5.91 Å². The second kappa shape index (κ2) is 6.58. The number of carbonyl (C=O) groups is 1. The molecule has 0 fully saturated rings. The largest absolute Gasteiger partial charge is 0.422 e. The molecule has 2 rings (SSSR count). The quantitative estimate of drug-likeness (QED) is 0.580. The van der Waals surface area contributed by atoms with E-state index in [4.69, 9.17) is 11.5 Å². The topological polar surface area (TPSA) is 81.1 Å². The molecule has 0 atom stereocenters. The Hall–Kier alpha value is -2.84. The van der Waals surface area contributed by atoms with Crippen molar-refractivity contribution >= 4 is 17.3 Å². The fourth-order valence-electron chi connectivity index (χ4n) is 2.27. The van der Waals surface area contributed by atoms with E-state index in [2.05, 4.69) is 5.32 Å². The first kappa shape index (κ1) is 18.5. The average Bonchev–Trinajstić information content (AvgIpc) is 2.48. The van der Waals surface area contributed by atoms with Gasteiger partial charge in [0.05, 0.1) is 11.4 Å². The number of anilines is 2. The SMILES string of the molecule is Cc1ccc(N)c(N)c1CNC(=O)c1cc(F)c(C(F)(F)F)c(F)c1. The molecule has 25 heavy (non-hydrogen) atoms. The van der Waals surface area contributed by atoms with E-state index in [1.165, 1.54) is 0 Å². The summed E-state index contributed by atoms with van der Waals surface area (Å²) in [6.45, 7) is 1.61. The fraction of sp³-hybridized carbons (Fsp3) is 0.188. The number of rotatable bonds is 3. The number of nitrogens with two attached hydrogens (primary N) is 2. The molecule has 0 aromatic heterocycles. The van der Waals surface area contributed by atoms with Crippen LogP contribution in [0.2, 0.25) is 0 Å². The van der Waals surface area contributed by atoms with Crippen molar-refractivity contribution in [3.8, 4) is 0 Å². The molecule has 0 aliphatic rings. The molecular weight excluding hydrogens is 345 g/mol. The molecule has 0 bridgehead atoms. The number of halogens is 5. The maximum absolute atomic E-state index is 13.5.